The van der Waals surface area contributed by atoms with Crippen molar-refractivity contribution in [1.82, 2.24) is 10.6 Å². The Morgan fingerprint density at radius 3 is 0.850 bits per heavy atom. The van der Waals surface area contributed by atoms with Crippen LogP contribution >= 0.6 is 46.4 Å². The first-order chi connectivity index (χ1) is 9.83. The maximum absolute atomic E-state index is 5.45. The molecule has 0 amide bonds. The first kappa shape index (κ1) is 26.0. The van der Waals surface area contributed by atoms with Crippen LogP contribution in [0.3, 0.4) is 0 Å². The van der Waals surface area contributed by atoms with Crippen LogP contribution in [0, 0.1) is 0 Å². The molecule has 0 bridgehead atoms. The molecule has 0 aliphatic carbocycles. The van der Waals surface area contributed by atoms with Gasteiger partial charge in [0, 0.05) is 23.5 Å². The van der Waals surface area contributed by atoms with Crippen LogP contribution in [0.4, 0.5) is 0 Å². The second-order valence-electron chi connectivity index (χ2n) is 3.67. The predicted molar refractivity (Wildman–Crippen MR) is 98.4 cm³/mol. The van der Waals surface area contributed by atoms with E-state index in [0.717, 1.165) is 75.4 Å². The van der Waals surface area contributed by atoms with Crippen molar-refractivity contribution in [2.75, 3.05) is 49.7 Å². The molecule has 0 aromatic heterocycles. The van der Waals surface area contributed by atoms with Crippen LogP contribution in [0.2, 0.25) is 0 Å². The summed E-state index contributed by atoms with van der Waals surface area (Å²) in [6.45, 7) is 8.06. The molecular formula is C14H32Cl4N2. The van der Waals surface area contributed by atoms with Crippen LogP contribution in [0.25, 0.3) is 0 Å². The zero-order chi connectivity index (χ0) is 15.9. The number of alkyl halides is 4. The normalized spacial score (nSPS) is 9.30. The van der Waals surface area contributed by atoms with Crippen LogP contribution in [0.15, 0.2) is 0 Å². The molecule has 0 heterocycles. The van der Waals surface area contributed by atoms with Gasteiger partial charge in [-0.1, -0.05) is 13.8 Å². The average molecular weight is 370 g/mol. The Kier molecular flexibility index (Phi) is 41.8. The van der Waals surface area contributed by atoms with Gasteiger partial charge in [-0.05, 0) is 51.9 Å². The predicted octanol–water partition coefficient (Wildman–Crippen LogP) is 4.69. The molecule has 0 aliphatic heterocycles. The molecule has 20 heavy (non-hydrogen) atoms. The van der Waals surface area contributed by atoms with E-state index >= 15 is 0 Å². The van der Waals surface area contributed by atoms with Crippen LogP contribution < -0.4 is 10.6 Å². The Labute approximate surface area is 146 Å². The second-order valence-corrected chi connectivity index (χ2v) is 5.18. The Morgan fingerprint density at radius 1 is 0.500 bits per heavy atom. The van der Waals surface area contributed by atoms with Gasteiger partial charge in [0.1, 0.15) is 0 Å². The molecule has 0 aromatic rings. The molecule has 0 saturated carbocycles. The molecule has 0 saturated heterocycles. The molecule has 0 radical (unpaired) electrons. The van der Waals surface area contributed by atoms with Gasteiger partial charge in [0.25, 0.3) is 0 Å². The maximum atomic E-state index is 5.45. The van der Waals surface area contributed by atoms with Gasteiger partial charge in [0.2, 0.25) is 0 Å². The summed E-state index contributed by atoms with van der Waals surface area (Å²) in [5, 5.41) is 6.44. The molecule has 0 aliphatic rings. The maximum Gasteiger partial charge on any atom is 0.0235 e. The van der Waals surface area contributed by atoms with Crippen LogP contribution in [-0.2, 0) is 0 Å². The molecule has 2 nitrogen and oxygen atoms in total. The van der Waals surface area contributed by atoms with Crippen LogP contribution in [0.5, 0.6) is 0 Å². The molecule has 0 aromatic carbocycles. The van der Waals surface area contributed by atoms with Crippen molar-refractivity contribution in [3.05, 3.63) is 0 Å². The minimum atomic E-state index is 0.744. The van der Waals surface area contributed by atoms with E-state index in [1.807, 2.05) is 13.8 Å². The van der Waals surface area contributed by atoms with E-state index in [9.17, 15) is 0 Å². The van der Waals surface area contributed by atoms with Crippen LogP contribution in [0.1, 0.15) is 39.5 Å². The molecular weight excluding hydrogens is 338 g/mol. The van der Waals surface area contributed by atoms with E-state index in [1.54, 1.807) is 0 Å². The Bertz CT molecular complexity index is 104. The van der Waals surface area contributed by atoms with E-state index < -0.39 is 0 Å². The van der Waals surface area contributed by atoms with Crippen molar-refractivity contribution in [3.63, 3.8) is 0 Å². The van der Waals surface area contributed by atoms with Gasteiger partial charge in [-0.25, -0.2) is 0 Å². The third kappa shape index (κ3) is 36.5. The lowest BCUT2D eigenvalue weighted by Gasteiger charge is -1.98. The third-order valence-electron chi connectivity index (χ3n) is 1.95. The summed E-state index contributed by atoms with van der Waals surface area (Å²) in [5.41, 5.74) is 0. The summed E-state index contributed by atoms with van der Waals surface area (Å²) in [6, 6.07) is 0. The SMILES string of the molecule is CC.ClCCCNCCCCl.ClCCCNCCCCl. The molecule has 0 unspecified atom stereocenters. The summed E-state index contributed by atoms with van der Waals surface area (Å²) >= 11 is 21.8. The molecule has 0 fully saturated rings. The van der Waals surface area contributed by atoms with E-state index in [0.29, 0.717) is 0 Å². The summed E-state index contributed by atoms with van der Waals surface area (Å²) in [4.78, 5) is 0. The largest absolute Gasteiger partial charge is 0.317 e. The molecule has 0 spiro atoms. The monoisotopic (exact) mass is 368 g/mol. The van der Waals surface area contributed by atoms with E-state index in [-0.39, 0.29) is 0 Å². The highest BCUT2D eigenvalue weighted by Crippen LogP contribution is 1.84. The minimum Gasteiger partial charge on any atom is -0.317 e. The summed E-state index contributed by atoms with van der Waals surface area (Å²) < 4.78 is 0. The fourth-order valence-corrected chi connectivity index (χ4v) is 1.55. The van der Waals surface area contributed by atoms with Gasteiger partial charge in [-0.15, -0.1) is 46.4 Å². The van der Waals surface area contributed by atoms with Crippen molar-refractivity contribution in [2.45, 2.75) is 39.5 Å². The van der Waals surface area contributed by atoms with Crippen molar-refractivity contribution >= 4 is 46.4 Å². The first-order valence-corrected chi connectivity index (χ1v) is 9.62. The van der Waals surface area contributed by atoms with Gasteiger partial charge in [0.15, 0.2) is 0 Å². The lowest BCUT2D eigenvalue weighted by molar-refractivity contribution is 0.665. The highest BCUT2D eigenvalue weighted by Gasteiger charge is 1.85. The number of hydrogen-bond acceptors (Lipinski definition) is 2. The van der Waals surface area contributed by atoms with Gasteiger partial charge in [-0.3, -0.25) is 0 Å². The number of halogens is 4. The van der Waals surface area contributed by atoms with E-state index in [4.69, 9.17) is 46.4 Å². The summed E-state index contributed by atoms with van der Waals surface area (Å²) in [5.74, 6) is 2.98. The Hall–Kier alpha value is 1.08. The average Bonchev–Trinajstić information content (AvgIpc) is 2.50. The molecule has 0 atom stereocenters. The molecule has 2 N–H and O–H groups in total. The summed E-state index contributed by atoms with van der Waals surface area (Å²) in [6.07, 6.45) is 4.18. The Morgan fingerprint density at radius 2 is 0.700 bits per heavy atom. The summed E-state index contributed by atoms with van der Waals surface area (Å²) in [7, 11) is 0. The Balaban J connectivity index is -0.000000257. The fourth-order valence-electron chi connectivity index (χ4n) is 1.02. The quantitative estimate of drug-likeness (QED) is 0.385. The highest BCUT2D eigenvalue weighted by molar-refractivity contribution is 6.18. The van der Waals surface area contributed by atoms with E-state index in [1.165, 1.54) is 0 Å². The second kappa shape index (κ2) is 32.1. The lowest BCUT2D eigenvalue weighted by atomic mass is 10.4. The van der Waals surface area contributed by atoms with Crippen molar-refractivity contribution in [3.8, 4) is 0 Å². The molecule has 126 valence electrons. The zero-order valence-electron chi connectivity index (χ0n) is 13.0. The van der Waals surface area contributed by atoms with Crippen molar-refractivity contribution in [1.29, 1.82) is 0 Å². The molecule has 0 rings (SSSR count). The fraction of sp³-hybridized carbons (Fsp3) is 1.00. The van der Waals surface area contributed by atoms with E-state index in [2.05, 4.69) is 10.6 Å². The van der Waals surface area contributed by atoms with Gasteiger partial charge in [0.05, 0.1) is 0 Å². The highest BCUT2D eigenvalue weighted by atomic mass is 35.5. The third-order valence-corrected chi connectivity index (χ3v) is 3.02. The zero-order valence-corrected chi connectivity index (χ0v) is 16.0. The standard InChI is InChI=1S/2C6H13Cl2N.C2H6/c2*7-3-1-5-9-6-2-4-8;1-2/h2*9H,1-6H2;1-2H3. The lowest BCUT2D eigenvalue weighted by Crippen LogP contribution is -2.17. The van der Waals surface area contributed by atoms with Gasteiger partial charge < -0.3 is 10.6 Å². The van der Waals surface area contributed by atoms with Crippen molar-refractivity contribution in [2.24, 2.45) is 0 Å². The molecule has 6 heteroatoms. The number of hydrogen-bond donors (Lipinski definition) is 2. The number of rotatable bonds is 12. The van der Waals surface area contributed by atoms with Crippen molar-refractivity contribution < 1.29 is 0 Å². The number of nitrogens with one attached hydrogen (secondary N) is 2. The minimum absolute atomic E-state index is 0.744. The topological polar surface area (TPSA) is 24.1 Å². The van der Waals surface area contributed by atoms with Gasteiger partial charge >= 0.3 is 0 Å². The smallest absolute Gasteiger partial charge is 0.0235 e. The van der Waals surface area contributed by atoms with Crippen LogP contribution in [-0.4, -0.2) is 49.7 Å². The van der Waals surface area contributed by atoms with Gasteiger partial charge in [-0.2, -0.15) is 0 Å². The first-order valence-electron chi connectivity index (χ1n) is 7.48.